The van der Waals surface area contributed by atoms with Crippen molar-refractivity contribution in [3.05, 3.63) is 28.8 Å². The zero-order valence-electron chi connectivity index (χ0n) is 10.4. The zero-order chi connectivity index (χ0) is 13.1. The Hall–Kier alpha value is -0.770. The average Bonchev–Trinajstić information content (AvgIpc) is 2.36. The Kier molecular flexibility index (Phi) is 4.80. The van der Waals surface area contributed by atoms with E-state index in [0.29, 0.717) is 29.2 Å². The van der Waals surface area contributed by atoms with Crippen LogP contribution in [0.2, 0.25) is 5.02 Å². The second-order valence-corrected chi connectivity index (χ2v) is 4.54. The van der Waals surface area contributed by atoms with Crippen molar-refractivity contribution in [2.24, 2.45) is 0 Å². The summed E-state index contributed by atoms with van der Waals surface area (Å²) in [6.07, 6.45) is -0.0909. The van der Waals surface area contributed by atoms with Gasteiger partial charge in [0.05, 0.1) is 12.7 Å². The summed E-state index contributed by atoms with van der Waals surface area (Å²) >= 11 is 5.91. The van der Waals surface area contributed by atoms with Gasteiger partial charge in [-0.2, -0.15) is 0 Å². The molecule has 0 bridgehead atoms. The molecule has 0 spiro atoms. The normalized spacial score (nSPS) is 13.5. The molecule has 0 aliphatic rings. The van der Waals surface area contributed by atoms with Crippen LogP contribution in [0.3, 0.4) is 0 Å². The fourth-order valence-electron chi connectivity index (χ4n) is 1.85. The number of aliphatic hydroxyl groups excluding tert-OH is 1. The fourth-order valence-corrected chi connectivity index (χ4v) is 2.03. The molecule has 0 heterocycles. The first-order valence-corrected chi connectivity index (χ1v) is 6.10. The lowest BCUT2D eigenvalue weighted by atomic mass is 9.86. The van der Waals surface area contributed by atoms with Crippen LogP contribution < -0.4 is 4.74 Å². The molecule has 1 unspecified atom stereocenters. The highest BCUT2D eigenvalue weighted by Crippen LogP contribution is 2.37. The number of hydrogen-bond acceptors (Lipinski definition) is 3. The van der Waals surface area contributed by atoms with Gasteiger partial charge in [0.2, 0.25) is 0 Å². The van der Waals surface area contributed by atoms with Crippen molar-refractivity contribution in [3.8, 4) is 5.75 Å². The number of rotatable bonds is 5. The molecule has 1 atom stereocenters. The molecule has 0 saturated carbocycles. The Morgan fingerprint density at radius 3 is 2.41 bits per heavy atom. The third-order valence-corrected chi connectivity index (χ3v) is 3.45. The summed E-state index contributed by atoms with van der Waals surface area (Å²) in [4.78, 5) is 0. The van der Waals surface area contributed by atoms with Crippen LogP contribution >= 0.6 is 11.6 Å². The van der Waals surface area contributed by atoms with Gasteiger partial charge in [-0.25, -0.2) is 0 Å². The summed E-state index contributed by atoms with van der Waals surface area (Å²) in [5, 5.41) is 21.1. The minimum atomic E-state index is -1.15. The van der Waals surface area contributed by atoms with Gasteiger partial charge in [0.25, 0.3) is 0 Å². The second kappa shape index (κ2) is 5.71. The molecular formula is C13H19ClO3. The van der Waals surface area contributed by atoms with E-state index >= 15 is 0 Å². The maximum absolute atomic E-state index is 10.3. The number of ether oxygens (including phenoxy) is 1. The Bertz CT molecular complexity index is 375. The molecule has 0 fully saturated rings. The largest absolute Gasteiger partial charge is 0.496 e. The topological polar surface area (TPSA) is 49.7 Å². The van der Waals surface area contributed by atoms with Crippen molar-refractivity contribution in [1.82, 2.24) is 0 Å². The van der Waals surface area contributed by atoms with E-state index in [4.69, 9.17) is 16.3 Å². The molecule has 17 heavy (non-hydrogen) atoms. The van der Waals surface area contributed by atoms with E-state index in [1.54, 1.807) is 18.2 Å². The Labute approximate surface area is 107 Å². The predicted molar refractivity (Wildman–Crippen MR) is 68.5 cm³/mol. The van der Waals surface area contributed by atoms with Gasteiger partial charge in [0, 0.05) is 10.6 Å². The second-order valence-electron chi connectivity index (χ2n) is 4.10. The van der Waals surface area contributed by atoms with Gasteiger partial charge in [-0.05, 0) is 31.0 Å². The third kappa shape index (κ3) is 2.92. The van der Waals surface area contributed by atoms with Crippen LogP contribution in [-0.4, -0.2) is 22.9 Å². The SMILES string of the molecule is CCC(O)(CC)C(O)c1cc(Cl)ccc1OC. The van der Waals surface area contributed by atoms with E-state index in [-0.39, 0.29) is 0 Å². The summed E-state index contributed by atoms with van der Waals surface area (Å²) < 4.78 is 5.18. The molecule has 4 heteroatoms. The quantitative estimate of drug-likeness (QED) is 0.854. The predicted octanol–water partition coefficient (Wildman–Crippen LogP) is 2.93. The molecule has 1 aromatic carbocycles. The van der Waals surface area contributed by atoms with Crippen molar-refractivity contribution in [3.63, 3.8) is 0 Å². The van der Waals surface area contributed by atoms with Gasteiger partial charge in [0.15, 0.2) is 0 Å². The van der Waals surface area contributed by atoms with Crippen LogP contribution in [0.5, 0.6) is 5.75 Å². The number of aliphatic hydroxyl groups is 2. The monoisotopic (exact) mass is 258 g/mol. The van der Waals surface area contributed by atoms with Gasteiger partial charge >= 0.3 is 0 Å². The molecular weight excluding hydrogens is 240 g/mol. The maximum Gasteiger partial charge on any atom is 0.124 e. The van der Waals surface area contributed by atoms with Crippen molar-refractivity contribution < 1.29 is 14.9 Å². The minimum Gasteiger partial charge on any atom is -0.496 e. The smallest absolute Gasteiger partial charge is 0.124 e. The molecule has 0 saturated heterocycles. The molecule has 3 nitrogen and oxygen atoms in total. The molecule has 0 radical (unpaired) electrons. The first-order valence-electron chi connectivity index (χ1n) is 5.72. The van der Waals surface area contributed by atoms with E-state index in [1.165, 1.54) is 7.11 Å². The molecule has 96 valence electrons. The van der Waals surface area contributed by atoms with Crippen molar-refractivity contribution >= 4 is 11.6 Å². The lowest BCUT2D eigenvalue weighted by Gasteiger charge is -2.32. The van der Waals surface area contributed by atoms with E-state index in [9.17, 15) is 10.2 Å². The molecule has 2 N–H and O–H groups in total. The fraction of sp³-hybridized carbons (Fsp3) is 0.538. The van der Waals surface area contributed by atoms with Gasteiger partial charge in [0.1, 0.15) is 11.9 Å². The van der Waals surface area contributed by atoms with Crippen molar-refractivity contribution in [2.75, 3.05) is 7.11 Å². The number of hydrogen-bond donors (Lipinski definition) is 2. The molecule has 1 rings (SSSR count). The lowest BCUT2D eigenvalue weighted by Crippen LogP contribution is -2.35. The Morgan fingerprint density at radius 1 is 1.35 bits per heavy atom. The first kappa shape index (κ1) is 14.3. The Balaban J connectivity index is 3.18. The first-order chi connectivity index (χ1) is 7.98. The van der Waals surface area contributed by atoms with Crippen LogP contribution in [0.4, 0.5) is 0 Å². The molecule has 1 aromatic rings. The number of benzene rings is 1. The van der Waals surface area contributed by atoms with Gasteiger partial charge in [-0.3, -0.25) is 0 Å². The van der Waals surface area contributed by atoms with E-state index in [2.05, 4.69) is 0 Å². The van der Waals surface area contributed by atoms with Gasteiger partial charge in [-0.1, -0.05) is 25.4 Å². The maximum atomic E-state index is 10.3. The summed E-state index contributed by atoms with van der Waals surface area (Å²) in [7, 11) is 1.52. The van der Waals surface area contributed by atoms with Crippen LogP contribution in [0.1, 0.15) is 38.4 Å². The molecule has 0 aromatic heterocycles. The Morgan fingerprint density at radius 2 is 1.94 bits per heavy atom. The summed E-state index contributed by atoms with van der Waals surface area (Å²) in [5.74, 6) is 0.530. The van der Waals surface area contributed by atoms with Gasteiger partial charge in [-0.15, -0.1) is 0 Å². The van der Waals surface area contributed by atoms with E-state index < -0.39 is 11.7 Å². The van der Waals surface area contributed by atoms with Crippen LogP contribution in [0.15, 0.2) is 18.2 Å². The van der Waals surface area contributed by atoms with Crippen LogP contribution in [0.25, 0.3) is 0 Å². The highest BCUT2D eigenvalue weighted by molar-refractivity contribution is 6.30. The van der Waals surface area contributed by atoms with Gasteiger partial charge < -0.3 is 14.9 Å². The highest BCUT2D eigenvalue weighted by Gasteiger charge is 2.34. The summed E-state index contributed by atoms with van der Waals surface area (Å²) in [6.45, 7) is 3.67. The average molecular weight is 259 g/mol. The third-order valence-electron chi connectivity index (χ3n) is 3.22. The molecule has 0 aliphatic carbocycles. The van der Waals surface area contributed by atoms with E-state index in [0.717, 1.165) is 0 Å². The number of methoxy groups -OCH3 is 1. The van der Waals surface area contributed by atoms with Crippen molar-refractivity contribution in [1.29, 1.82) is 0 Å². The minimum absolute atomic E-state index is 0.459. The van der Waals surface area contributed by atoms with Crippen LogP contribution in [0, 0.1) is 0 Å². The summed E-state index contributed by atoms with van der Waals surface area (Å²) in [6, 6.07) is 5.00. The molecule has 0 amide bonds. The van der Waals surface area contributed by atoms with Crippen molar-refractivity contribution in [2.45, 2.75) is 38.4 Å². The summed E-state index contributed by atoms with van der Waals surface area (Å²) in [5.41, 5.74) is -0.635. The van der Waals surface area contributed by atoms with E-state index in [1.807, 2.05) is 13.8 Å². The highest BCUT2D eigenvalue weighted by atomic mass is 35.5. The number of halogens is 1. The lowest BCUT2D eigenvalue weighted by molar-refractivity contribution is -0.0828. The molecule has 0 aliphatic heterocycles. The van der Waals surface area contributed by atoms with Crippen LogP contribution in [-0.2, 0) is 0 Å². The standard InChI is InChI=1S/C13H19ClO3/c1-4-13(16,5-2)12(15)10-8-9(14)6-7-11(10)17-3/h6-8,12,15-16H,4-5H2,1-3H3. The zero-order valence-corrected chi connectivity index (χ0v) is 11.2.